The maximum Gasteiger partial charge on any atom is 0.0986 e. The fraction of sp³-hybridized carbons (Fsp3) is 0.812. The van der Waals surface area contributed by atoms with E-state index in [4.69, 9.17) is 9.72 Å². The second-order valence-corrected chi connectivity index (χ2v) is 8.04. The van der Waals surface area contributed by atoms with E-state index in [1.165, 1.54) is 28.4 Å². The monoisotopic (exact) mass is 294 g/mol. The Hall–Kier alpha value is -0.450. The predicted octanol–water partition coefficient (Wildman–Crippen LogP) is 3.66. The molecule has 4 heteroatoms. The van der Waals surface area contributed by atoms with E-state index in [2.05, 4.69) is 26.1 Å². The number of hydrogen-bond donors (Lipinski definition) is 1. The molecule has 1 N–H and O–H groups in total. The first-order valence-corrected chi connectivity index (χ1v) is 8.71. The largest absolute Gasteiger partial charge is 0.381 e. The van der Waals surface area contributed by atoms with Crippen LogP contribution in [0.25, 0.3) is 0 Å². The number of ether oxygens (including phenoxy) is 1. The number of thiazole rings is 1. The highest BCUT2D eigenvalue weighted by atomic mass is 32.1. The Labute approximate surface area is 126 Å². The fourth-order valence-electron chi connectivity index (χ4n) is 3.34. The third-order valence-electron chi connectivity index (χ3n) is 4.38. The molecule has 2 aliphatic rings. The molecule has 0 aromatic carbocycles. The Kier molecular flexibility index (Phi) is 4.16. The molecule has 112 valence electrons. The van der Waals surface area contributed by atoms with Gasteiger partial charge >= 0.3 is 0 Å². The van der Waals surface area contributed by atoms with Crippen molar-refractivity contribution in [1.82, 2.24) is 10.3 Å². The van der Waals surface area contributed by atoms with Gasteiger partial charge in [-0.2, -0.15) is 0 Å². The summed E-state index contributed by atoms with van der Waals surface area (Å²) in [5, 5.41) is 5.04. The van der Waals surface area contributed by atoms with Crippen LogP contribution in [0.5, 0.6) is 0 Å². The lowest BCUT2D eigenvalue weighted by Crippen LogP contribution is -2.33. The molecule has 1 aromatic rings. The normalized spacial score (nSPS) is 28.6. The topological polar surface area (TPSA) is 34.2 Å². The Morgan fingerprint density at radius 2 is 2.30 bits per heavy atom. The molecular weight excluding hydrogens is 268 g/mol. The number of nitrogens with one attached hydrogen (secondary N) is 1. The van der Waals surface area contributed by atoms with E-state index in [1.54, 1.807) is 0 Å². The maximum absolute atomic E-state index is 5.53. The van der Waals surface area contributed by atoms with E-state index in [1.807, 2.05) is 11.3 Å². The van der Waals surface area contributed by atoms with Crippen molar-refractivity contribution >= 4 is 11.3 Å². The van der Waals surface area contributed by atoms with Crippen molar-refractivity contribution in [3.63, 3.8) is 0 Å². The van der Waals surface area contributed by atoms with Crippen molar-refractivity contribution in [2.75, 3.05) is 19.8 Å². The van der Waals surface area contributed by atoms with Crippen LogP contribution in [0.1, 0.15) is 67.6 Å². The van der Waals surface area contributed by atoms with Crippen LogP contribution in [0, 0.1) is 5.41 Å². The molecule has 0 bridgehead atoms. The molecule has 1 saturated heterocycles. The molecular formula is C16H26N2OS. The summed E-state index contributed by atoms with van der Waals surface area (Å²) in [4.78, 5) is 6.48. The van der Waals surface area contributed by atoms with Crippen LogP contribution in [0.15, 0.2) is 0 Å². The van der Waals surface area contributed by atoms with Gasteiger partial charge in [0.2, 0.25) is 0 Å². The molecule has 1 aliphatic carbocycles. The van der Waals surface area contributed by atoms with Gasteiger partial charge in [0.15, 0.2) is 0 Å². The average Bonchev–Trinajstić information content (AvgIpc) is 3.02. The van der Waals surface area contributed by atoms with Gasteiger partial charge in [0.05, 0.1) is 17.3 Å². The van der Waals surface area contributed by atoms with Crippen LogP contribution in [0.3, 0.4) is 0 Å². The molecule has 0 radical (unpaired) electrons. The first-order valence-electron chi connectivity index (χ1n) is 7.89. The van der Waals surface area contributed by atoms with Crippen molar-refractivity contribution in [2.24, 2.45) is 5.41 Å². The number of aromatic nitrogens is 1. The molecule has 1 fully saturated rings. The minimum atomic E-state index is 0.357. The molecule has 0 saturated carbocycles. The molecule has 1 aliphatic heterocycles. The molecule has 0 amide bonds. The Bertz CT molecular complexity index is 463. The summed E-state index contributed by atoms with van der Waals surface area (Å²) in [6, 6.07) is 0.502. The van der Waals surface area contributed by atoms with E-state index in [0.717, 1.165) is 32.6 Å². The van der Waals surface area contributed by atoms with Gasteiger partial charge in [-0.3, -0.25) is 0 Å². The molecule has 3 nitrogen and oxygen atoms in total. The Balaban J connectivity index is 1.85. The van der Waals surface area contributed by atoms with Crippen molar-refractivity contribution in [1.29, 1.82) is 0 Å². The maximum atomic E-state index is 5.53. The Morgan fingerprint density at radius 1 is 1.45 bits per heavy atom. The van der Waals surface area contributed by atoms with Gasteiger partial charge in [-0.15, -0.1) is 11.3 Å². The lowest BCUT2D eigenvalue weighted by atomic mass is 9.76. The highest BCUT2D eigenvalue weighted by Gasteiger charge is 2.36. The van der Waals surface area contributed by atoms with E-state index in [9.17, 15) is 0 Å². The van der Waals surface area contributed by atoms with E-state index in [-0.39, 0.29) is 0 Å². The molecule has 2 unspecified atom stereocenters. The fourth-order valence-corrected chi connectivity index (χ4v) is 4.62. The minimum Gasteiger partial charge on any atom is -0.381 e. The summed E-state index contributed by atoms with van der Waals surface area (Å²) in [5.41, 5.74) is 1.71. The molecule has 2 atom stereocenters. The van der Waals surface area contributed by atoms with Crippen molar-refractivity contribution in [3.05, 3.63) is 15.6 Å². The van der Waals surface area contributed by atoms with Crippen molar-refractivity contribution in [2.45, 2.75) is 58.4 Å². The SMILES string of the molecule is CCCNC1CC(C)(C)Cc2nc(C3CCOC3)sc21. The lowest BCUT2D eigenvalue weighted by molar-refractivity contribution is 0.194. The molecule has 1 aromatic heterocycles. The molecule has 2 heterocycles. The van der Waals surface area contributed by atoms with Gasteiger partial charge in [0, 0.05) is 23.4 Å². The van der Waals surface area contributed by atoms with Crippen LogP contribution in [0.2, 0.25) is 0 Å². The van der Waals surface area contributed by atoms with Gasteiger partial charge in [-0.25, -0.2) is 4.98 Å². The quantitative estimate of drug-likeness (QED) is 0.920. The smallest absolute Gasteiger partial charge is 0.0986 e. The van der Waals surface area contributed by atoms with Gasteiger partial charge in [-0.05, 0) is 37.6 Å². The molecule has 20 heavy (non-hydrogen) atoms. The zero-order valence-electron chi connectivity index (χ0n) is 12.9. The summed E-state index contributed by atoms with van der Waals surface area (Å²) in [5.74, 6) is 0.542. The first kappa shape index (κ1) is 14.5. The zero-order valence-corrected chi connectivity index (χ0v) is 13.7. The number of fused-ring (bicyclic) bond motifs is 1. The zero-order chi connectivity index (χ0) is 14.2. The van der Waals surface area contributed by atoms with E-state index < -0.39 is 0 Å². The van der Waals surface area contributed by atoms with Crippen LogP contribution in [-0.4, -0.2) is 24.7 Å². The summed E-state index contributed by atoms with van der Waals surface area (Å²) in [6.45, 7) is 9.83. The summed E-state index contributed by atoms with van der Waals surface area (Å²) in [7, 11) is 0. The van der Waals surface area contributed by atoms with Gasteiger partial charge in [0.25, 0.3) is 0 Å². The number of nitrogens with zero attached hydrogens (tertiary/aromatic N) is 1. The van der Waals surface area contributed by atoms with E-state index >= 15 is 0 Å². The third kappa shape index (κ3) is 2.92. The summed E-state index contributed by atoms with van der Waals surface area (Å²) < 4.78 is 5.53. The van der Waals surface area contributed by atoms with E-state index in [0.29, 0.717) is 17.4 Å². The van der Waals surface area contributed by atoms with Crippen LogP contribution in [-0.2, 0) is 11.2 Å². The average molecular weight is 294 g/mol. The molecule has 0 spiro atoms. The van der Waals surface area contributed by atoms with Crippen LogP contribution in [0.4, 0.5) is 0 Å². The van der Waals surface area contributed by atoms with Gasteiger partial charge in [-0.1, -0.05) is 20.8 Å². The second kappa shape index (κ2) is 5.74. The second-order valence-electron chi connectivity index (χ2n) is 6.98. The first-order chi connectivity index (χ1) is 9.59. The Morgan fingerprint density at radius 3 is 3.00 bits per heavy atom. The van der Waals surface area contributed by atoms with Crippen LogP contribution < -0.4 is 5.32 Å². The lowest BCUT2D eigenvalue weighted by Gasteiger charge is -2.34. The highest BCUT2D eigenvalue weighted by Crippen LogP contribution is 2.44. The standard InChI is InChI=1S/C16H26N2OS/c1-4-6-17-12-8-16(2,3)9-13-14(12)20-15(18-13)11-5-7-19-10-11/h11-12,17H,4-10H2,1-3H3. The van der Waals surface area contributed by atoms with Gasteiger partial charge in [0.1, 0.15) is 0 Å². The van der Waals surface area contributed by atoms with Crippen molar-refractivity contribution < 1.29 is 4.74 Å². The van der Waals surface area contributed by atoms with Crippen LogP contribution >= 0.6 is 11.3 Å². The van der Waals surface area contributed by atoms with Gasteiger partial charge < -0.3 is 10.1 Å². The van der Waals surface area contributed by atoms with Crippen molar-refractivity contribution in [3.8, 4) is 0 Å². The minimum absolute atomic E-state index is 0.357. The third-order valence-corrected chi connectivity index (χ3v) is 5.76. The molecule has 3 rings (SSSR count). The number of rotatable bonds is 4. The summed E-state index contributed by atoms with van der Waals surface area (Å²) >= 11 is 1.94. The predicted molar refractivity (Wildman–Crippen MR) is 83.4 cm³/mol. The summed E-state index contributed by atoms with van der Waals surface area (Å²) in [6.07, 6.45) is 4.68. The number of hydrogen-bond acceptors (Lipinski definition) is 4. The highest BCUT2D eigenvalue weighted by molar-refractivity contribution is 7.12.